The van der Waals surface area contributed by atoms with Crippen LogP contribution in [0.3, 0.4) is 0 Å². The number of benzene rings is 1. The zero-order chi connectivity index (χ0) is 19.9. The van der Waals surface area contributed by atoms with Crippen molar-refractivity contribution >= 4 is 44.3 Å². The van der Waals surface area contributed by atoms with Gasteiger partial charge in [-0.2, -0.15) is 10.5 Å². The summed E-state index contributed by atoms with van der Waals surface area (Å²) in [5.74, 6) is 0.994. The summed E-state index contributed by atoms with van der Waals surface area (Å²) in [5, 5.41) is 22.9. The first-order valence-corrected chi connectivity index (χ1v) is 9.64. The number of anilines is 1. The maximum atomic E-state index is 12.3. The van der Waals surface area contributed by atoms with Gasteiger partial charge in [-0.3, -0.25) is 4.79 Å². The molecule has 3 aromatic rings. The van der Waals surface area contributed by atoms with E-state index < -0.39 is 5.91 Å². The van der Waals surface area contributed by atoms with E-state index in [0.29, 0.717) is 27.8 Å². The third-order valence-electron chi connectivity index (χ3n) is 3.54. The monoisotopic (exact) mass is 453 g/mol. The summed E-state index contributed by atoms with van der Waals surface area (Å²) in [4.78, 5) is 12.3. The number of nitrogens with zero attached hydrogens (tertiary/aromatic N) is 2. The minimum Gasteiger partial charge on any atom is -0.486 e. The highest BCUT2D eigenvalue weighted by Crippen LogP contribution is 2.23. The van der Waals surface area contributed by atoms with Crippen molar-refractivity contribution in [2.24, 2.45) is 0 Å². The molecule has 2 heterocycles. The smallest absolute Gasteiger partial charge is 0.267 e. The average molecular weight is 454 g/mol. The van der Waals surface area contributed by atoms with E-state index in [9.17, 15) is 10.1 Å². The van der Waals surface area contributed by atoms with E-state index in [2.05, 4.69) is 21.2 Å². The van der Waals surface area contributed by atoms with Crippen LogP contribution in [0.1, 0.15) is 17.1 Å². The number of furan rings is 1. The van der Waals surface area contributed by atoms with Crippen LogP contribution >= 0.6 is 27.3 Å². The molecule has 8 heteroatoms. The van der Waals surface area contributed by atoms with Gasteiger partial charge in [0.1, 0.15) is 46.6 Å². The van der Waals surface area contributed by atoms with Crippen molar-refractivity contribution in [1.29, 1.82) is 10.5 Å². The third kappa shape index (κ3) is 4.89. The average Bonchev–Trinajstić information content (AvgIpc) is 3.34. The molecule has 2 aromatic heterocycles. The van der Waals surface area contributed by atoms with Crippen molar-refractivity contribution in [2.45, 2.75) is 6.61 Å². The van der Waals surface area contributed by atoms with Crippen LogP contribution in [0.25, 0.3) is 6.08 Å². The Morgan fingerprint density at radius 2 is 2.00 bits per heavy atom. The molecule has 0 radical (unpaired) electrons. The Balaban J connectivity index is 1.66. The van der Waals surface area contributed by atoms with Gasteiger partial charge in [-0.1, -0.05) is 15.9 Å². The predicted molar refractivity (Wildman–Crippen MR) is 108 cm³/mol. The molecule has 138 valence electrons. The zero-order valence-electron chi connectivity index (χ0n) is 14.3. The van der Waals surface area contributed by atoms with Crippen molar-refractivity contribution in [2.75, 3.05) is 5.32 Å². The Morgan fingerprint density at radius 1 is 1.21 bits per heavy atom. The fourth-order valence-electron chi connectivity index (χ4n) is 2.19. The lowest BCUT2D eigenvalue weighted by molar-refractivity contribution is -0.112. The number of hydrogen-bond donors (Lipinski definition) is 1. The second-order valence-corrected chi connectivity index (χ2v) is 7.28. The standard InChI is InChI=1S/C20H12BrN3O3S/c21-15-1-3-16(4-2-15)26-12-18-6-5-17(27-18)9-14(11-23)19(25)24-20-13(10-22)7-8-28-20/h1-9H,12H2,(H,24,25). The van der Waals surface area contributed by atoms with Crippen LogP contribution in [0, 0.1) is 22.7 Å². The van der Waals surface area contributed by atoms with Gasteiger partial charge in [-0.05, 0) is 47.8 Å². The van der Waals surface area contributed by atoms with E-state index in [4.69, 9.17) is 14.4 Å². The fourth-order valence-corrected chi connectivity index (χ4v) is 3.19. The van der Waals surface area contributed by atoms with Gasteiger partial charge in [0, 0.05) is 10.5 Å². The van der Waals surface area contributed by atoms with Gasteiger partial charge in [0.25, 0.3) is 5.91 Å². The van der Waals surface area contributed by atoms with E-state index in [1.807, 2.05) is 36.4 Å². The Hall–Kier alpha value is -3.33. The minimum absolute atomic E-state index is 0.132. The minimum atomic E-state index is -0.606. The van der Waals surface area contributed by atoms with Gasteiger partial charge in [-0.15, -0.1) is 11.3 Å². The Labute approximate surface area is 173 Å². The molecule has 0 atom stereocenters. The summed E-state index contributed by atoms with van der Waals surface area (Å²) in [7, 11) is 0. The Kier molecular flexibility index (Phi) is 6.28. The molecule has 0 saturated heterocycles. The first-order chi connectivity index (χ1) is 13.6. The van der Waals surface area contributed by atoms with Crippen LogP contribution < -0.4 is 10.1 Å². The molecule has 1 amide bonds. The maximum Gasteiger partial charge on any atom is 0.267 e. The summed E-state index contributed by atoms with van der Waals surface area (Å²) in [6, 6.07) is 16.2. The highest BCUT2D eigenvalue weighted by Gasteiger charge is 2.14. The molecule has 0 aliphatic heterocycles. The summed E-state index contributed by atoms with van der Waals surface area (Å²) >= 11 is 4.57. The molecule has 1 N–H and O–H groups in total. The number of thiophene rings is 1. The number of carbonyl (C=O) groups excluding carboxylic acids is 1. The molecule has 0 spiro atoms. The van der Waals surface area contributed by atoms with Crippen molar-refractivity contribution < 1.29 is 13.9 Å². The summed E-state index contributed by atoms with van der Waals surface area (Å²) < 4.78 is 12.2. The lowest BCUT2D eigenvalue weighted by Gasteiger charge is -2.03. The van der Waals surface area contributed by atoms with Gasteiger partial charge in [0.15, 0.2) is 0 Å². The number of nitriles is 2. The predicted octanol–water partition coefficient (Wildman–Crippen LogP) is 5.10. The van der Waals surface area contributed by atoms with E-state index in [0.717, 1.165) is 4.47 Å². The van der Waals surface area contributed by atoms with Gasteiger partial charge in [0.05, 0.1) is 5.56 Å². The van der Waals surface area contributed by atoms with Crippen LogP contribution in [-0.2, 0) is 11.4 Å². The quantitative estimate of drug-likeness (QED) is 0.413. The Bertz CT molecular complexity index is 1100. The van der Waals surface area contributed by atoms with Gasteiger partial charge in [-0.25, -0.2) is 0 Å². The van der Waals surface area contributed by atoms with Crippen molar-refractivity contribution in [3.05, 3.63) is 75.0 Å². The molecule has 0 aliphatic rings. The maximum absolute atomic E-state index is 12.3. The fraction of sp³-hybridized carbons (Fsp3) is 0.0500. The van der Waals surface area contributed by atoms with Gasteiger partial charge < -0.3 is 14.5 Å². The molecule has 0 bridgehead atoms. The summed E-state index contributed by atoms with van der Waals surface area (Å²) in [5.41, 5.74) is 0.216. The Morgan fingerprint density at radius 3 is 2.71 bits per heavy atom. The number of halogens is 1. The third-order valence-corrected chi connectivity index (χ3v) is 4.90. The molecule has 1 aromatic carbocycles. The van der Waals surface area contributed by atoms with E-state index in [1.54, 1.807) is 23.6 Å². The highest BCUT2D eigenvalue weighted by molar-refractivity contribution is 9.10. The van der Waals surface area contributed by atoms with Gasteiger partial charge in [0.2, 0.25) is 0 Å². The van der Waals surface area contributed by atoms with Crippen LogP contribution in [0.5, 0.6) is 5.75 Å². The van der Waals surface area contributed by atoms with Gasteiger partial charge >= 0.3 is 0 Å². The zero-order valence-corrected chi connectivity index (χ0v) is 16.7. The van der Waals surface area contributed by atoms with Crippen LogP contribution in [-0.4, -0.2) is 5.91 Å². The number of carbonyl (C=O) groups is 1. The molecule has 0 fully saturated rings. The van der Waals surface area contributed by atoms with Crippen LogP contribution in [0.4, 0.5) is 5.00 Å². The van der Waals surface area contributed by atoms with E-state index in [1.165, 1.54) is 17.4 Å². The first kappa shape index (κ1) is 19.4. The molecule has 0 saturated carbocycles. The molecule has 6 nitrogen and oxygen atoms in total. The lowest BCUT2D eigenvalue weighted by Crippen LogP contribution is -2.13. The molecular formula is C20H12BrN3O3S. The van der Waals surface area contributed by atoms with E-state index in [-0.39, 0.29) is 12.2 Å². The van der Waals surface area contributed by atoms with Crippen molar-refractivity contribution in [3.8, 4) is 17.9 Å². The normalized spacial score (nSPS) is 10.8. The number of nitrogens with one attached hydrogen (secondary N) is 1. The summed E-state index contributed by atoms with van der Waals surface area (Å²) in [6.45, 7) is 0.213. The number of amides is 1. The molecule has 28 heavy (non-hydrogen) atoms. The second kappa shape index (κ2) is 9.05. The topological polar surface area (TPSA) is 99.0 Å². The molecule has 3 rings (SSSR count). The number of hydrogen-bond acceptors (Lipinski definition) is 6. The molecule has 0 aliphatic carbocycles. The largest absolute Gasteiger partial charge is 0.486 e. The van der Waals surface area contributed by atoms with Crippen LogP contribution in [0.15, 0.2) is 62.3 Å². The van der Waals surface area contributed by atoms with Crippen molar-refractivity contribution in [1.82, 2.24) is 0 Å². The highest BCUT2D eigenvalue weighted by atomic mass is 79.9. The lowest BCUT2D eigenvalue weighted by atomic mass is 10.2. The van der Waals surface area contributed by atoms with Crippen LogP contribution in [0.2, 0.25) is 0 Å². The first-order valence-electron chi connectivity index (χ1n) is 7.97. The SMILES string of the molecule is N#CC(=Cc1ccc(COc2ccc(Br)cc2)o1)C(=O)Nc1sccc1C#N. The molecular weight excluding hydrogens is 442 g/mol. The molecule has 0 unspecified atom stereocenters. The number of rotatable bonds is 6. The second-order valence-electron chi connectivity index (χ2n) is 5.45. The summed E-state index contributed by atoms with van der Waals surface area (Å²) in [6.07, 6.45) is 1.35. The van der Waals surface area contributed by atoms with Crippen molar-refractivity contribution in [3.63, 3.8) is 0 Å². The van der Waals surface area contributed by atoms with E-state index >= 15 is 0 Å². The number of ether oxygens (including phenoxy) is 1.